The van der Waals surface area contributed by atoms with Gasteiger partial charge in [0.05, 0.1) is 12.2 Å². The molecule has 1 heterocycles. The van der Waals surface area contributed by atoms with Crippen molar-refractivity contribution in [3.63, 3.8) is 0 Å². The first-order valence-electron chi connectivity index (χ1n) is 10.8. The summed E-state index contributed by atoms with van der Waals surface area (Å²) in [6.07, 6.45) is 4.20. The average Bonchev–Trinajstić information content (AvgIpc) is 2.93. The van der Waals surface area contributed by atoms with Crippen LogP contribution in [0.3, 0.4) is 0 Å². The predicted octanol–water partition coefficient (Wildman–Crippen LogP) is 4.65. The predicted molar refractivity (Wildman–Crippen MR) is 115 cm³/mol. The molecule has 3 rings (SSSR count). The van der Waals surface area contributed by atoms with Crippen LogP contribution in [0.1, 0.15) is 45.1 Å². The van der Waals surface area contributed by atoms with Gasteiger partial charge in [0.15, 0.2) is 11.5 Å². The third-order valence-electron chi connectivity index (χ3n) is 5.88. The van der Waals surface area contributed by atoms with E-state index in [4.69, 9.17) is 5.26 Å². The minimum atomic E-state index is -0.728. The molecule has 0 saturated carbocycles. The van der Waals surface area contributed by atoms with Gasteiger partial charge >= 0.3 is 0 Å². The van der Waals surface area contributed by atoms with E-state index in [-0.39, 0.29) is 23.3 Å². The van der Waals surface area contributed by atoms with Crippen LogP contribution in [0.4, 0.5) is 4.39 Å². The second-order valence-electron chi connectivity index (χ2n) is 7.71. The van der Waals surface area contributed by atoms with E-state index in [1.807, 2.05) is 32.0 Å². The van der Waals surface area contributed by atoms with Crippen LogP contribution in [-0.4, -0.2) is 46.0 Å². The van der Waals surface area contributed by atoms with E-state index < -0.39 is 12.0 Å². The van der Waals surface area contributed by atoms with Gasteiger partial charge in [0.25, 0.3) is 0 Å². The summed E-state index contributed by atoms with van der Waals surface area (Å²) in [7, 11) is 0. The number of hydrogen-bond donors (Lipinski definition) is 3. The summed E-state index contributed by atoms with van der Waals surface area (Å²) < 4.78 is 13.0. The molecule has 0 bridgehead atoms. The van der Waals surface area contributed by atoms with Crippen molar-refractivity contribution in [1.82, 2.24) is 4.90 Å². The zero-order valence-electron chi connectivity index (χ0n) is 17.9. The molecule has 0 spiro atoms. The zero-order valence-corrected chi connectivity index (χ0v) is 17.9. The van der Waals surface area contributed by atoms with Crippen molar-refractivity contribution in [1.29, 1.82) is 5.26 Å². The van der Waals surface area contributed by atoms with E-state index in [9.17, 15) is 19.7 Å². The Morgan fingerprint density at radius 1 is 1.13 bits per heavy atom. The molecule has 1 aliphatic carbocycles. The van der Waals surface area contributed by atoms with E-state index in [0.29, 0.717) is 18.4 Å². The molecule has 3 N–H and O–H groups in total. The third-order valence-corrected chi connectivity index (χ3v) is 5.88. The minimum absolute atomic E-state index is 0.0990. The second kappa shape index (κ2) is 11.7. The van der Waals surface area contributed by atoms with Crippen molar-refractivity contribution < 1.29 is 19.7 Å². The van der Waals surface area contributed by atoms with Gasteiger partial charge in [-0.25, -0.2) is 4.39 Å². The van der Waals surface area contributed by atoms with E-state index in [2.05, 4.69) is 4.90 Å². The van der Waals surface area contributed by atoms with Crippen molar-refractivity contribution in [3.8, 4) is 6.07 Å². The number of likely N-dealkylation sites (tertiary alicyclic amines) is 1. The molecule has 6 heteroatoms. The standard InChI is InChI=1S/C22H27FN2O3.C2H6/c23-19-5-1-15(2-6-19)7-10-25-11-8-16(9-12-25)21(27)17-3-4-18(14-24)22(28)20(26)13-17;1-2/h1-2,5-6,13,16,18,21,26-28H,3-4,7-12H2;1-2H3. The van der Waals surface area contributed by atoms with Crippen molar-refractivity contribution in [3.05, 3.63) is 58.8 Å². The largest absolute Gasteiger partial charge is 0.507 e. The first-order valence-corrected chi connectivity index (χ1v) is 10.8. The summed E-state index contributed by atoms with van der Waals surface area (Å²) in [5.41, 5.74) is 1.80. The molecule has 1 aromatic rings. The average molecular weight is 417 g/mol. The van der Waals surface area contributed by atoms with Gasteiger partial charge in [-0.3, -0.25) is 0 Å². The van der Waals surface area contributed by atoms with Gasteiger partial charge in [0, 0.05) is 6.54 Å². The molecule has 164 valence electrons. The highest BCUT2D eigenvalue weighted by molar-refractivity contribution is 5.29. The van der Waals surface area contributed by atoms with Gasteiger partial charge in [-0.05, 0) is 80.5 Å². The van der Waals surface area contributed by atoms with Gasteiger partial charge in [-0.15, -0.1) is 0 Å². The Bertz CT molecular complexity index is 775. The number of piperidine rings is 1. The summed E-state index contributed by atoms with van der Waals surface area (Å²) in [4.78, 5) is 2.35. The topological polar surface area (TPSA) is 87.7 Å². The fraction of sp³-hybridized carbons (Fsp3) is 0.542. The first kappa shape index (κ1) is 23.9. The van der Waals surface area contributed by atoms with E-state index >= 15 is 0 Å². The molecule has 2 aliphatic rings. The zero-order chi connectivity index (χ0) is 22.1. The van der Waals surface area contributed by atoms with Gasteiger partial charge < -0.3 is 20.2 Å². The lowest BCUT2D eigenvalue weighted by atomic mass is 9.85. The van der Waals surface area contributed by atoms with E-state index in [1.165, 1.54) is 18.2 Å². The number of nitrogens with zero attached hydrogens (tertiary/aromatic N) is 2. The number of halogens is 1. The monoisotopic (exact) mass is 416 g/mol. The van der Waals surface area contributed by atoms with Crippen LogP contribution in [0.25, 0.3) is 0 Å². The lowest BCUT2D eigenvalue weighted by Gasteiger charge is -2.35. The fourth-order valence-electron chi connectivity index (χ4n) is 4.04. The van der Waals surface area contributed by atoms with Crippen molar-refractivity contribution >= 4 is 0 Å². The Kier molecular flexibility index (Phi) is 9.35. The Labute approximate surface area is 178 Å². The molecular weight excluding hydrogens is 383 g/mol. The SMILES string of the molecule is CC.N#CC1CCC(C(O)C2CCN(CCc3ccc(F)cc3)CC2)=CC(O)=C1O. The summed E-state index contributed by atoms with van der Waals surface area (Å²) in [6.45, 7) is 6.66. The Hall–Kier alpha value is -2.36. The maximum Gasteiger partial charge on any atom is 0.154 e. The quantitative estimate of drug-likeness (QED) is 0.650. The summed E-state index contributed by atoms with van der Waals surface area (Å²) >= 11 is 0. The summed E-state index contributed by atoms with van der Waals surface area (Å²) in [5.74, 6) is -1.46. The fourth-order valence-corrected chi connectivity index (χ4v) is 4.04. The molecule has 2 atom stereocenters. The summed E-state index contributed by atoms with van der Waals surface area (Å²) in [5, 5.41) is 39.7. The highest BCUT2D eigenvalue weighted by Crippen LogP contribution is 2.32. The molecule has 5 nitrogen and oxygen atoms in total. The molecule has 0 amide bonds. The van der Waals surface area contributed by atoms with Gasteiger partial charge in [-0.2, -0.15) is 5.26 Å². The van der Waals surface area contributed by atoms with Crippen LogP contribution in [0, 0.1) is 29.0 Å². The molecule has 30 heavy (non-hydrogen) atoms. The Balaban J connectivity index is 0.00000155. The second-order valence-corrected chi connectivity index (χ2v) is 7.71. The van der Waals surface area contributed by atoms with Crippen LogP contribution < -0.4 is 0 Å². The first-order chi connectivity index (χ1) is 14.5. The van der Waals surface area contributed by atoms with Gasteiger partial charge in [0.1, 0.15) is 11.7 Å². The number of nitriles is 1. The van der Waals surface area contributed by atoms with Crippen LogP contribution in [0.2, 0.25) is 0 Å². The number of hydrogen-bond acceptors (Lipinski definition) is 5. The van der Waals surface area contributed by atoms with Crippen LogP contribution >= 0.6 is 0 Å². The maximum absolute atomic E-state index is 13.0. The maximum atomic E-state index is 13.0. The number of benzene rings is 1. The summed E-state index contributed by atoms with van der Waals surface area (Å²) in [6, 6.07) is 8.58. The third kappa shape index (κ3) is 6.32. The molecule has 0 radical (unpaired) electrons. The number of rotatable bonds is 5. The van der Waals surface area contributed by atoms with Gasteiger partial charge in [-0.1, -0.05) is 26.0 Å². The number of aliphatic hydroxyl groups is 3. The van der Waals surface area contributed by atoms with Crippen LogP contribution in [0.5, 0.6) is 0 Å². The normalized spacial score (nSPS) is 21.7. The van der Waals surface area contributed by atoms with E-state index in [0.717, 1.165) is 44.5 Å². The van der Waals surface area contributed by atoms with Crippen molar-refractivity contribution in [2.75, 3.05) is 19.6 Å². The Morgan fingerprint density at radius 3 is 2.37 bits per heavy atom. The smallest absolute Gasteiger partial charge is 0.154 e. The highest BCUT2D eigenvalue weighted by atomic mass is 19.1. The van der Waals surface area contributed by atoms with Crippen LogP contribution in [0.15, 0.2) is 47.4 Å². The van der Waals surface area contributed by atoms with Crippen molar-refractivity contribution in [2.45, 2.75) is 52.1 Å². The lowest BCUT2D eigenvalue weighted by Crippen LogP contribution is -2.39. The Morgan fingerprint density at radius 2 is 1.77 bits per heavy atom. The molecule has 0 aromatic heterocycles. The molecule has 2 unspecified atom stereocenters. The minimum Gasteiger partial charge on any atom is -0.507 e. The lowest BCUT2D eigenvalue weighted by molar-refractivity contribution is 0.0803. The van der Waals surface area contributed by atoms with Gasteiger partial charge in [0.2, 0.25) is 0 Å². The molecule has 1 aromatic carbocycles. The molecule has 1 aliphatic heterocycles. The van der Waals surface area contributed by atoms with E-state index in [1.54, 1.807) is 0 Å². The molecule has 1 fully saturated rings. The molecule has 1 saturated heterocycles. The number of aliphatic hydroxyl groups excluding tert-OH is 3. The highest BCUT2D eigenvalue weighted by Gasteiger charge is 2.30. The number of allylic oxidation sites excluding steroid dienone is 2. The van der Waals surface area contributed by atoms with Crippen LogP contribution in [-0.2, 0) is 6.42 Å². The molecular formula is C24H33FN2O3. The van der Waals surface area contributed by atoms with Crippen molar-refractivity contribution in [2.24, 2.45) is 11.8 Å².